The summed E-state index contributed by atoms with van der Waals surface area (Å²) in [4.78, 5) is 21.7. The molecule has 146 valence electrons. The van der Waals surface area contributed by atoms with Gasteiger partial charge in [-0.25, -0.2) is 9.97 Å². The van der Waals surface area contributed by atoms with Crippen LogP contribution in [0.4, 0.5) is 5.13 Å². The van der Waals surface area contributed by atoms with E-state index in [0.717, 1.165) is 26.7 Å². The molecule has 0 atom stereocenters. The number of para-hydroxylation sites is 2. The molecular formula is C23H15N3O2S2. The highest BCUT2D eigenvalue weighted by molar-refractivity contribution is 7.22. The van der Waals surface area contributed by atoms with Crippen LogP contribution in [-0.2, 0) is 0 Å². The normalized spacial score (nSPS) is 10.8. The number of hydrogen-bond acceptors (Lipinski definition) is 6. The van der Waals surface area contributed by atoms with Crippen LogP contribution < -0.4 is 10.1 Å². The first-order chi connectivity index (χ1) is 14.7. The predicted molar refractivity (Wildman–Crippen MR) is 122 cm³/mol. The summed E-state index contributed by atoms with van der Waals surface area (Å²) in [5, 5.41) is 6.15. The Balaban J connectivity index is 1.27. The highest BCUT2D eigenvalue weighted by Crippen LogP contribution is 2.32. The van der Waals surface area contributed by atoms with Gasteiger partial charge in [0.2, 0.25) is 0 Å². The van der Waals surface area contributed by atoms with Gasteiger partial charge in [0.1, 0.15) is 22.2 Å². The molecule has 0 bridgehead atoms. The van der Waals surface area contributed by atoms with E-state index in [2.05, 4.69) is 15.3 Å². The standard InChI is InChI=1S/C23H15N3O2S2/c27-21(15-10-12-17(13-11-15)28-16-6-2-1-3-7-16)26-23-25-19(14-29-23)22-24-18-8-4-5-9-20(18)30-22/h1-14H,(H,25,26,27). The van der Waals surface area contributed by atoms with Gasteiger partial charge in [-0.3, -0.25) is 10.1 Å². The van der Waals surface area contributed by atoms with Crippen molar-refractivity contribution in [2.45, 2.75) is 0 Å². The molecule has 0 saturated carbocycles. The quantitative estimate of drug-likeness (QED) is 0.348. The van der Waals surface area contributed by atoms with E-state index in [1.54, 1.807) is 35.6 Å². The maximum absolute atomic E-state index is 12.6. The molecule has 1 amide bonds. The van der Waals surface area contributed by atoms with Gasteiger partial charge in [-0.2, -0.15) is 0 Å². The van der Waals surface area contributed by atoms with Gasteiger partial charge in [-0.1, -0.05) is 30.3 Å². The molecule has 2 aromatic heterocycles. The summed E-state index contributed by atoms with van der Waals surface area (Å²) in [5.74, 6) is 1.21. The molecule has 0 unspecified atom stereocenters. The van der Waals surface area contributed by atoms with E-state index in [0.29, 0.717) is 16.4 Å². The second-order valence-electron chi connectivity index (χ2n) is 6.42. The van der Waals surface area contributed by atoms with Gasteiger partial charge < -0.3 is 4.74 Å². The molecule has 3 aromatic carbocycles. The first-order valence-corrected chi connectivity index (χ1v) is 10.9. The predicted octanol–water partition coefficient (Wildman–Crippen LogP) is 6.46. The highest BCUT2D eigenvalue weighted by Gasteiger charge is 2.13. The van der Waals surface area contributed by atoms with Gasteiger partial charge in [0.05, 0.1) is 10.2 Å². The van der Waals surface area contributed by atoms with Crippen LogP contribution in [0.3, 0.4) is 0 Å². The fourth-order valence-corrected chi connectivity index (χ4v) is 4.57. The summed E-state index contributed by atoms with van der Waals surface area (Å²) < 4.78 is 6.88. The van der Waals surface area contributed by atoms with Crippen molar-refractivity contribution in [3.63, 3.8) is 0 Å². The molecule has 0 aliphatic carbocycles. The molecule has 1 N–H and O–H groups in total. The molecule has 0 spiro atoms. The maximum Gasteiger partial charge on any atom is 0.257 e. The smallest absolute Gasteiger partial charge is 0.257 e. The van der Waals surface area contributed by atoms with Gasteiger partial charge in [0.15, 0.2) is 5.13 Å². The number of ether oxygens (including phenoxy) is 1. The lowest BCUT2D eigenvalue weighted by atomic mass is 10.2. The topological polar surface area (TPSA) is 64.1 Å². The lowest BCUT2D eigenvalue weighted by molar-refractivity contribution is 0.102. The van der Waals surface area contributed by atoms with Crippen LogP contribution in [0.5, 0.6) is 11.5 Å². The third-order valence-electron chi connectivity index (χ3n) is 4.33. The number of nitrogens with zero attached hydrogens (tertiary/aromatic N) is 2. The molecule has 5 rings (SSSR count). The van der Waals surface area contributed by atoms with Gasteiger partial charge in [0.25, 0.3) is 5.91 Å². The zero-order chi connectivity index (χ0) is 20.3. The summed E-state index contributed by atoms with van der Waals surface area (Å²) in [6.45, 7) is 0. The third-order valence-corrected chi connectivity index (χ3v) is 6.15. The average Bonchev–Trinajstić information content (AvgIpc) is 3.42. The van der Waals surface area contributed by atoms with Crippen molar-refractivity contribution in [2.24, 2.45) is 0 Å². The molecule has 0 saturated heterocycles. The van der Waals surface area contributed by atoms with Crippen molar-refractivity contribution in [2.75, 3.05) is 5.32 Å². The second-order valence-corrected chi connectivity index (χ2v) is 8.31. The Kier molecular flexibility index (Phi) is 4.96. The minimum Gasteiger partial charge on any atom is -0.457 e. The minimum atomic E-state index is -0.216. The van der Waals surface area contributed by atoms with Crippen molar-refractivity contribution < 1.29 is 9.53 Å². The molecule has 30 heavy (non-hydrogen) atoms. The van der Waals surface area contributed by atoms with Gasteiger partial charge in [-0.15, -0.1) is 22.7 Å². The second kappa shape index (κ2) is 8.06. The van der Waals surface area contributed by atoms with E-state index >= 15 is 0 Å². The molecule has 2 heterocycles. The van der Waals surface area contributed by atoms with Crippen LogP contribution in [0.25, 0.3) is 20.9 Å². The van der Waals surface area contributed by atoms with E-state index in [1.165, 1.54) is 11.3 Å². The molecular weight excluding hydrogens is 414 g/mol. The molecule has 0 radical (unpaired) electrons. The average molecular weight is 430 g/mol. The number of anilines is 1. The Morgan fingerprint density at radius 3 is 2.37 bits per heavy atom. The van der Waals surface area contributed by atoms with Crippen LogP contribution >= 0.6 is 22.7 Å². The van der Waals surface area contributed by atoms with Crippen molar-refractivity contribution in [1.82, 2.24) is 9.97 Å². The van der Waals surface area contributed by atoms with Crippen molar-refractivity contribution in [1.29, 1.82) is 0 Å². The van der Waals surface area contributed by atoms with Crippen LogP contribution in [-0.4, -0.2) is 15.9 Å². The zero-order valence-corrected chi connectivity index (χ0v) is 17.2. The van der Waals surface area contributed by atoms with E-state index in [9.17, 15) is 4.79 Å². The largest absolute Gasteiger partial charge is 0.457 e. The Morgan fingerprint density at radius 2 is 1.57 bits per heavy atom. The number of hydrogen-bond donors (Lipinski definition) is 1. The SMILES string of the molecule is O=C(Nc1nc(-c2nc3ccccc3s2)cs1)c1ccc(Oc2ccccc2)cc1. The Labute approximate surface area is 180 Å². The summed E-state index contributed by atoms with van der Waals surface area (Å²) >= 11 is 2.97. The number of benzene rings is 3. The lowest BCUT2D eigenvalue weighted by Gasteiger charge is -2.06. The van der Waals surface area contributed by atoms with E-state index in [4.69, 9.17) is 4.74 Å². The minimum absolute atomic E-state index is 0.216. The number of amides is 1. The Morgan fingerprint density at radius 1 is 0.833 bits per heavy atom. The molecule has 0 aliphatic heterocycles. The van der Waals surface area contributed by atoms with Gasteiger partial charge in [-0.05, 0) is 48.5 Å². The molecule has 0 aliphatic rings. The monoisotopic (exact) mass is 429 g/mol. The van der Waals surface area contributed by atoms with Gasteiger partial charge >= 0.3 is 0 Å². The van der Waals surface area contributed by atoms with Crippen molar-refractivity contribution >= 4 is 43.9 Å². The summed E-state index contributed by atoms with van der Waals surface area (Å²) in [6, 6.07) is 24.5. The van der Waals surface area contributed by atoms with E-state index < -0.39 is 0 Å². The number of rotatable bonds is 5. The number of thiazole rings is 2. The maximum atomic E-state index is 12.6. The molecule has 5 aromatic rings. The fourth-order valence-electron chi connectivity index (χ4n) is 2.88. The first kappa shape index (κ1) is 18.5. The Hall–Kier alpha value is -3.55. The number of aromatic nitrogens is 2. The van der Waals surface area contributed by atoms with Gasteiger partial charge in [0, 0.05) is 10.9 Å². The van der Waals surface area contributed by atoms with Crippen molar-refractivity contribution in [3.8, 4) is 22.2 Å². The highest BCUT2D eigenvalue weighted by atomic mass is 32.1. The number of fused-ring (bicyclic) bond motifs is 1. The van der Waals surface area contributed by atoms with Crippen LogP contribution in [0.15, 0.2) is 84.2 Å². The summed E-state index contributed by atoms with van der Waals surface area (Å²) in [7, 11) is 0. The number of carbonyl (C=O) groups is 1. The molecule has 7 heteroatoms. The molecule has 0 fully saturated rings. The van der Waals surface area contributed by atoms with Crippen LogP contribution in [0.1, 0.15) is 10.4 Å². The summed E-state index contributed by atoms with van der Waals surface area (Å²) in [6.07, 6.45) is 0. The van der Waals surface area contributed by atoms with Crippen LogP contribution in [0.2, 0.25) is 0 Å². The van der Waals surface area contributed by atoms with Crippen LogP contribution in [0, 0.1) is 0 Å². The third kappa shape index (κ3) is 3.94. The number of nitrogens with one attached hydrogen (secondary N) is 1. The number of carbonyl (C=O) groups excluding carboxylic acids is 1. The van der Waals surface area contributed by atoms with E-state index in [-0.39, 0.29) is 5.91 Å². The molecule has 5 nitrogen and oxygen atoms in total. The Bertz CT molecular complexity index is 1280. The van der Waals surface area contributed by atoms with E-state index in [1.807, 2.05) is 60.0 Å². The summed E-state index contributed by atoms with van der Waals surface area (Å²) in [5.41, 5.74) is 2.25. The lowest BCUT2D eigenvalue weighted by Crippen LogP contribution is -2.11. The zero-order valence-electron chi connectivity index (χ0n) is 15.6. The fraction of sp³-hybridized carbons (Fsp3) is 0. The first-order valence-electron chi connectivity index (χ1n) is 9.20. The van der Waals surface area contributed by atoms with Crippen molar-refractivity contribution in [3.05, 3.63) is 89.8 Å².